The second kappa shape index (κ2) is 9.79. The summed E-state index contributed by atoms with van der Waals surface area (Å²) in [7, 11) is 1.32. The lowest BCUT2D eigenvalue weighted by Gasteiger charge is -2.26. The van der Waals surface area contributed by atoms with Crippen molar-refractivity contribution in [1.29, 1.82) is 0 Å². The number of urea groups is 1. The Morgan fingerprint density at radius 1 is 1.19 bits per heavy atom. The maximum absolute atomic E-state index is 14.7. The van der Waals surface area contributed by atoms with Crippen molar-refractivity contribution in [1.82, 2.24) is 25.4 Å². The second-order valence-corrected chi connectivity index (χ2v) is 9.99. The van der Waals surface area contributed by atoms with Crippen LogP contribution in [0.4, 0.5) is 9.18 Å². The zero-order valence-electron chi connectivity index (χ0n) is 19.6. The summed E-state index contributed by atoms with van der Waals surface area (Å²) < 4.78 is 19.7. The topological polar surface area (TPSA) is 104 Å². The van der Waals surface area contributed by atoms with Gasteiger partial charge in [-0.1, -0.05) is 17.9 Å². The predicted molar refractivity (Wildman–Crippen MR) is 131 cm³/mol. The molecule has 0 radical (unpaired) electrons. The number of methoxy groups -OCH3 is 1. The first-order chi connectivity index (χ1) is 17.4. The van der Waals surface area contributed by atoms with Gasteiger partial charge in [0.2, 0.25) is 5.54 Å². The SMILES string of the molecule is COc1ccc2c(c1F)C(=O)N(C[C@@]1(C#Cc3ccc(CN4CCSCC4)nc3)NC(=O)NC1=O)C2. The first-order valence-corrected chi connectivity index (χ1v) is 12.6. The van der Waals surface area contributed by atoms with Crippen molar-refractivity contribution in [3.05, 3.63) is 58.7 Å². The Bertz CT molecular complexity index is 1290. The van der Waals surface area contributed by atoms with Crippen molar-refractivity contribution in [3.63, 3.8) is 0 Å². The van der Waals surface area contributed by atoms with Crippen molar-refractivity contribution in [2.75, 3.05) is 38.2 Å². The van der Waals surface area contributed by atoms with Gasteiger partial charge in [-0.05, 0) is 23.8 Å². The fraction of sp³-hybridized carbons (Fsp3) is 0.360. The molecule has 0 bridgehead atoms. The van der Waals surface area contributed by atoms with Gasteiger partial charge in [-0.3, -0.25) is 24.8 Å². The number of ether oxygens (including phenoxy) is 1. The van der Waals surface area contributed by atoms with Crippen LogP contribution < -0.4 is 15.4 Å². The quantitative estimate of drug-likeness (QED) is 0.464. The molecule has 1 atom stereocenters. The van der Waals surface area contributed by atoms with E-state index in [1.165, 1.54) is 18.1 Å². The van der Waals surface area contributed by atoms with E-state index in [2.05, 4.69) is 32.4 Å². The van der Waals surface area contributed by atoms with Crippen molar-refractivity contribution >= 4 is 29.6 Å². The number of fused-ring (bicyclic) bond motifs is 1. The first-order valence-electron chi connectivity index (χ1n) is 11.4. The highest BCUT2D eigenvalue weighted by atomic mass is 32.2. The number of thioether (sulfide) groups is 1. The Kier molecular flexibility index (Phi) is 6.55. The zero-order valence-corrected chi connectivity index (χ0v) is 20.4. The molecule has 3 aliphatic rings. The highest BCUT2D eigenvalue weighted by molar-refractivity contribution is 7.99. The molecule has 2 saturated heterocycles. The number of hydrogen-bond acceptors (Lipinski definition) is 7. The Morgan fingerprint density at radius 3 is 2.67 bits per heavy atom. The van der Waals surface area contributed by atoms with Gasteiger partial charge < -0.3 is 15.0 Å². The van der Waals surface area contributed by atoms with Crippen LogP contribution in [0.3, 0.4) is 0 Å². The van der Waals surface area contributed by atoms with Crippen molar-refractivity contribution < 1.29 is 23.5 Å². The number of benzene rings is 1. The van der Waals surface area contributed by atoms with Crippen LogP contribution >= 0.6 is 11.8 Å². The molecule has 2 N–H and O–H groups in total. The van der Waals surface area contributed by atoms with Crippen molar-refractivity contribution in [2.24, 2.45) is 0 Å². The van der Waals surface area contributed by atoms with E-state index < -0.39 is 29.2 Å². The average Bonchev–Trinajstić information content (AvgIpc) is 3.34. The molecule has 2 fully saturated rings. The van der Waals surface area contributed by atoms with E-state index in [0.717, 1.165) is 36.8 Å². The summed E-state index contributed by atoms with van der Waals surface area (Å²) in [4.78, 5) is 45.9. The lowest BCUT2D eigenvalue weighted by Crippen LogP contribution is -2.54. The minimum Gasteiger partial charge on any atom is -0.494 e. The summed E-state index contributed by atoms with van der Waals surface area (Å²) in [6, 6.07) is 6.05. The van der Waals surface area contributed by atoms with Crippen LogP contribution in [0.1, 0.15) is 27.2 Å². The molecule has 0 saturated carbocycles. The van der Waals surface area contributed by atoms with E-state index >= 15 is 0 Å². The number of halogens is 1. The Labute approximate surface area is 211 Å². The lowest BCUT2D eigenvalue weighted by atomic mass is 9.99. The normalized spacial score (nSPS) is 21.5. The molecule has 9 nitrogen and oxygen atoms in total. The molecule has 0 aliphatic carbocycles. The number of nitrogens with zero attached hydrogens (tertiary/aromatic N) is 3. The highest BCUT2D eigenvalue weighted by Gasteiger charge is 2.48. The molecular weight excluding hydrogens is 485 g/mol. The highest BCUT2D eigenvalue weighted by Crippen LogP contribution is 2.32. The Hall–Kier alpha value is -3.62. The fourth-order valence-corrected chi connectivity index (χ4v) is 5.44. The summed E-state index contributed by atoms with van der Waals surface area (Å²) in [6.45, 7) is 2.65. The molecule has 5 rings (SSSR count). The molecule has 3 aliphatic heterocycles. The van der Waals surface area contributed by atoms with E-state index in [1.54, 1.807) is 12.3 Å². The number of carbonyl (C=O) groups is 3. The first kappa shape index (κ1) is 24.1. The molecule has 2 aromatic rings. The van der Waals surface area contributed by atoms with Crippen LogP contribution in [-0.4, -0.2) is 76.4 Å². The maximum atomic E-state index is 14.7. The van der Waals surface area contributed by atoms with Gasteiger partial charge in [-0.25, -0.2) is 9.18 Å². The van der Waals surface area contributed by atoms with Crippen LogP contribution in [0.15, 0.2) is 30.5 Å². The molecule has 186 valence electrons. The van der Waals surface area contributed by atoms with Crippen LogP contribution in [0.5, 0.6) is 5.75 Å². The van der Waals surface area contributed by atoms with E-state index in [1.807, 2.05) is 23.9 Å². The monoisotopic (exact) mass is 509 g/mol. The van der Waals surface area contributed by atoms with E-state index in [9.17, 15) is 18.8 Å². The smallest absolute Gasteiger partial charge is 0.323 e. The minimum atomic E-state index is -1.68. The molecule has 0 unspecified atom stereocenters. The van der Waals surface area contributed by atoms with Gasteiger partial charge in [-0.2, -0.15) is 11.8 Å². The molecule has 11 heteroatoms. The number of imide groups is 1. The average molecular weight is 510 g/mol. The number of rotatable bonds is 5. The summed E-state index contributed by atoms with van der Waals surface area (Å²) >= 11 is 1.95. The predicted octanol–water partition coefficient (Wildman–Crippen LogP) is 1.36. The van der Waals surface area contributed by atoms with Crippen molar-refractivity contribution in [2.45, 2.75) is 18.6 Å². The minimum absolute atomic E-state index is 0.0412. The lowest BCUT2D eigenvalue weighted by molar-refractivity contribution is -0.122. The Morgan fingerprint density at radius 2 is 2.00 bits per heavy atom. The van der Waals surface area contributed by atoms with Crippen LogP contribution in [0.2, 0.25) is 0 Å². The molecule has 1 aromatic heterocycles. The molecule has 1 aromatic carbocycles. The van der Waals surface area contributed by atoms with Gasteiger partial charge in [0.1, 0.15) is 0 Å². The van der Waals surface area contributed by atoms with E-state index in [-0.39, 0.29) is 24.4 Å². The van der Waals surface area contributed by atoms with Gasteiger partial charge in [0.25, 0.3) is 11.8 Å². The summed E-state index contributed by atoms with van der Waals surface area (Å²) in [5, 5.41) is 4.74. The number of pyridine rings is 1. The zero-order chi connectivity index (χ0) is 25.3. The Balaban J connectivity index is 1.36. The van der Waals surface area contributed by atoms with Crippen LogP contribution in [-0.2, 0) is 17.9 Å². The van der Waals surface area contributed by atoms with Gasteiger partial charge in [-0.15, -0.1) is 0 Å². The third-order valence-electron chi connectivity index (χ3n) is 6.38. The molecule has 36 heavy (non-hydrogen) atoms. The number of aromatic nitrogens is 1. The third-order valence-corrected chi connectivity index (χ3v) is 7.32. The van der Waals surface area contributed by atoms with E-state index in [4.69, 9.17) is 4.74 Å². The van der Waals surface area contributed by atoms with Gasteiger partial charge in [0.15, 0.2) is 11.6 Å². The standard InChI is InChI=1S/C25H24FN5O4S/c1-35-19-5-3-17-13-31(22(32)20(17)21(19)26)15-25(23(33)28-24(34)29-25)7-6-16-2-4-18(27-12-16)14-30-8-10-36-11-9-30/h2-5,12H,8-11,13-15H2,1H3,(H2,28,29,33,34)/t25-/m1/s1. The molecular formula is C25H24FN5O4S. The molecule has 4 heterocycles. The maximum Gasteiger partial charge on any atom is 0.323 e. The second-order valence-electron chi connectivity index (χ2n) is 8.77. The molecule has 0 spiro atoms. The summed E-state index contributed by atoms with van der Waals surface area (Å²) in [5.74, 6) is 5.92. The van der Waals surface area contributed by atoms with Gasteiger partial charge in [0.05, 0.1) is 24.9 Å². The van der Waals surface area contributed by atoms with E-state index in [0.29, 0.717) is 11.1 Å². The van der Waals surface area contributed by atoms with Gasteiger partial charge >= 0.3 is 6.03 Å². The van der Waals surface area contributed by atoms with Gasteiger partial charge in [0, 0.05) is 49.4 Å². The van der Waals surface area contributed by atoms with Crippen LogP contribution in [0, 0.1) is 17.7 Å². The summed E-state index contributed by atoms with van der Waals surface area (Å²) in [6.07, 6.45) is 1.63. The fourth-order valence-electron chi connectivity index (χ4n) is 4.46. The number of nitrogens with one attached hydrogen (secondary N) is 2. The number of hydrogen-bond donors (Lipinski definition) is 2. The number of amides is 4. The third kappa shape index (κ3) is 4.62. The number of carbonyl (C=O) groups excluding carboxylic acids is 3. The van der Waals surface area contributed by atoms with Crippen molar-refractivity contribution in [3.8, 4) is 17.6 Å². The largest absolute Gasteiger partial charge is 0.494 e. The molecule has 4 amide bonds. The van der Waals surface area contributed by atoms with Crippen LogP contribution in [0.25, 0.3) is 0 Å². The summed E-state index contributed by atoms with van der Waals surface area (Å²) in [5.41, 5.74) is 0.173.